The lowest BCUT2D eigenvalue weighted by Crippen LogP contribution is -2.09. The quantitative estimate of drug-likeness (QED) is 0.545. The molecule has 0 aliphatic heterocycles. The third-order valence-electron chi connectivity index (χ3n) is 4.04. The highest BCUT2D eigenvalue weighted by atomic mass is 14.2. The maximum Gasteiger partial charge on any atom is -0.0250 e. The molecule has 0 fully saturated rings. The zero-order valence-corrected chi connectivity index (χ0v) is 12.7. The average Bonchev–Trinajstić information content (AvgIpc) is 2.38. The van der Waals surface area contributed by atoms with E-state index in [1.807, 2.05) is 0 Å². The summed E-state index contributed by atoms with van der Waals surface area (Å²) in [5, 5.41) is 0. The van der Waals surface area contributed by atoms with Gasteiger partial charge < -0.3 is 0 Å². The standard InChI is InChI=1S/C18H30/c1-5-7-8-18(13-15(3)6-2)14-17-11-9-16(4)10-12-17/h9-12,15,18H,5-8,13-14H2,1-4H3. The highest BCUT2D eigenvalue weighted by molar-refractivity contribution is 5.21. The monoisotopic (exact) mass is 246 g/mol. The van der Waals surface area contributed by atoms with Gasteiger partial charge in [-0.15, -0.1) is 0 Å². The van der Waals surface area contributed by atoms with Crippen molar-refractivity contribution >= 4 is 0 Å². The van der Waals surface area contributed by atoms with Crippen LogP contribution in [0.5, 0.6) is 0 Å². The van der Waals surface area contributed by atoms with Crippen LogP contribution >= 0.6 is 0 Å². The molecule has 0 aliphatic rings. The van der Waals surface area contributed by atoms with E-state index in [-0.39, 0.29) is 0 Å². The Labute approximate surface area is 114 Å². The van der Waals surface area contributed by atoms with Crippen molar-refractivity contribution in [3.05, 3.63) is 35.4 Å². The molecule has 0 nitrogen and oxygen atoms in total. The summed E-state index contributed by atoms with van der Waals surface area (Å²) < 4.78 is 0. The summed E-state index contributed by atoms with van der Waals surface area (Å²) in [4.78, 5) is 0. The number of rotatable bonds is 8. The molecule has 0 radical (unpaired) electrons. The van der Waals surface area contributed by atoms with E-state index < -0.39 is 0 Å². The van der Waals surface area contributed by atoms with E-state index in [2.05, 4.69) is 52.0 Å². The zero-order valence-electron chi connectivity index (χ0n) is 12.7. The second kappa shape index (κ2) is 8.34. The van der Waals surface area contributed by atoms with Crippen LogP contribution < -0.4 is 0 Å². The molecule has 0 N–H and O–H groups in total. The molecule has 0 aromatic heterocycles. The molecule has 0 bridgehead atoms. The van der Waals surface area contributed by atoms with Crippen molar-refractivity contribution in [3.63, 3.8) is 0 Å². The van der Waals surface area contributed by atoms with E-state index in [4.69, 9.17) is 0 Å². The molecule has 2 unspecified atom stereocenters. The lowest BCUT2D eigenvalue weighted by atomic mass is 9.85. The summed E-state index contributed by atoms with van der Waals surface area (Å²) in [5.41, 5.74) is 2.88. The predicted molar refractivity (Wildman–Crippen MR) is 82.0 cm³/mol. The van der Waals surface area contributed by atoms with Crippen molar-refractivity contribution < 1.29 is 0 Å². The molecular formula is C18H30. The van der Waals surface area contributed by atoms with Crippen molar-refractivity contribution in [1.29, 1.82) is 0 Å². The lowest BCUT2D eigenvalue weighted by molar-refractivity contribution is 0.353. The molecule has 0 amide bonds. The van der Waals surface area contributed by atoms with Crippen LogP contribution in [0, 0.1) is 18.8 Å². The minimum Gasteiger partial charge on any atom is -0.0654 e. The molecule has 0 saturated heterocycles. The van der Waals surface area contributed by atoms with Crippen LogP contribution in [0.25, 0.3) is 0 Å². The fraction of sp³-hybridized carbons (Fsp3) is 0.667. The van der Waals surface area contributed by atoms with Gasteiger partial charge in [-0.3, -0.25) is 0 Å². The molecule has 1 aromatic rings. The molecule has 2 atom stereocenters. The minimum absolute atomic E-state index is 0.873. The first-order valence-corrected chi connectivity index (χ1v) is 7.71. The summed E-state index contributed by atoms with van der Waals surface area (Å²) in [6, 6.07) is 9.11. The molecule has 102 valence electrons. The van der Waals surface area contributed by atoms with Crippen molar-refractivity contribution in [2.24, 2.45) is 11.8 Å². The van der Waals surface area contributed by atoms with Gasteiger partial charge in [0.2, 0.25) is 0 Å². The zero-order chi connectivity index (χ0) is 13.4. The van der Waals surface area contributed by atoms with Gasteiger partial charge in [-0.2, -0.15) is 0 Å². The molecule has 0 saturated carbocycles. The highest BCUT2D eigenvalue weighted by Gasteiger charge is 2.12. The maximum absolute atomic E-state index is 2.40. The Kier molecular flexibility index (Phi) is 7.08. The molecule has 0 heterocycles. The Morgan fingerprint density at radius 3 is 2.28 bits per heavy atom. The summed E-state index contributed by atoms with van der Waals surface area (Å²) >= 11 is 0. The Morgan fingerprint density at radius 2 is 1.72 bits per heavy atom. The van der Waals surface area contributed by atoms with Crippen molar-refractivity contribution in [3.8, 4) is 0 Å². The second-order valence-electron chi connectivity index (χ2n) is 5.95. The molecule has 0 spiro atoms. The third-order valence-corrected chi connectivity index (χ3v) is 4.04. The van der Waals surface area contributed by atoms with E-state index >= 15 is 0 Å². The minimum atomic E-state index is 0.873. The molecular weight excluding hydrogens is 216 g/mol. The molecule has 1 aromatic carbocycles. The van der Waals surface area contributed by atoms with E-state index in [1.165, 1.54) is 49.7 Å². The fourth-order valence-corrected chi connectivity index (χ4v) is 2.59. The van der Waals surface area contributed by atoms with E-state index in [1.54, 1.807) is 0 Å². The highest BCUT2D eigenvalue weighted by Crippen LogP contribution is 2.24. The fourth-order valence-electron chi connectivity index (χ4n) is 2.59. The number of aryl methyl sites for hydroxylation is 1. The molecule has 0 aliphatic carbocycles. The van der Waals surface area contributed by atoms with Crippen LogP contribution in [0.2, 0.25) is 0 Å². The summed E-state index contributed by atoms with van der Waals surface area (Å²) in [5.74, 6) is 1.75. The van der Waals surface area contributed by atoms with Gasteiger partial charge in [-0.1, -0.05) is 76.3 Å². The van der Waals surface area contributed by atoms with E-state index in [0.29, 0.717) is 0 Å². The maximum atomic E-state index is 2.40. The van der Waals surface area contributed by atoms with Gasteiger partial charge >= 0.3 is 0 Å². The smallest absolute Gasteiger partial charge is 0.0250 e. The van der Waals surface area contributed by atoms with Crippen LogP contribution in [0.4, 0.5) is 0 Å². The van der Waals surface area contributed by atoms with Crippen molar-refractivity contribution in [2.45, 2.75) is 66.2 Å². The normalized spacial score (nSPS) is 14.4. The van der Waals surface area contributed by atoms with Crippen LogP contribution in [-0.4, -0.2) is 0 Å². The topological polar surface area (TPSA) is 0 Å². The summed E-state index contributed by atoms with van der Waals surface area (Å²) in [6.07, 6.45) is 8.08. The lowest BCUT2D eigenvalue weighted by Gasteiger charge is -2.20. The van der Waals surface area contributed by atoms with Gasteiger partial charge in [-0.25, -0.2) is 0 Å². The van der Waals surface area contributed by atoms with Gasteiger partial charge in [0.05, 0.1) is 0 Å². The van der Waals surface area contributed by atoms with Gasteiger partial charge in [0.25, 0.3) is 0 Å². The van der Waals surface area contributed by atoms with Gasteiger partial charge in [0.1, 0.15) is 0 Å². The second-order valence-corrected chi connectivity index (χ2v) is 5.95. The van der Waals surface area contributed by atoms with Gasteiger partial charge in [-0.05, 0) is 37.2 Å². The summed E-state index contributed by atoms with van der Waals surface area (Å²) in [7, 11) is 0. The van der Waals surface area contributed by atoms with Crippen molar-refractivity contribution in [2.75, 3.05) is 0 Å². The van der Waals surface area contributed by atoms with Crippen LogP contribution in [0.1, 0.15) is 64.0 Å². The molecule has 0 heteroatoms. The third kappa shape index (κ3) is 5.71. The Bertz CT molecular complexity index is 309. The number of hydrogen-bond acceptors (Lipinski definition) is 0. The van der Waals surface area contributed by atoms with Gasteiger partial charge in [0.15, 0.2) is 0 Å². The summed E-state index contributed by atoms with van der Waals surface area (Å²) in [6.45, 7) is 9.17. The van der Waals surface area contributed by atoms with Crippen LogP contribution in [0.3, 0.4) is 0 Å². The average molecular weight is 246 g/mol. The van der Waals surface area contributed by atoms with E-state index in [0.717, 1.165) is 11.8 Å². The first-order chi connectivity index (χ1) is 8.65. The Balaban J connectivity index is 2.56. The Hall–Kier alpha value is -0.780. The first kappa shape index (κ1) is 15.3. The molecule has 18 heavy (non-hydrogen) atoms. The number of hydrogen-bond donors (Lipinski definition) is 0. The van der Waals surface area contributed by atoms with Crippen molar-refractivity contribution in [1.82, 2.24) is 0 Å². The van der Waals surface area contributed by atoms with Crippen LogP contribution in [0.15, 0.2) is 24.3 Å². The van der Waals surface area contributed by atoms with Gasteiger partial charge in [0, 0.05) is 0 Å². The number of unbranched alkanes of at least 4 members (excludes halogenated alkanes) is 1. The predicted octanol–water partition coefficient (Wildman–Crippen LogP) is 5.78. The first-order valence-electron chi connectivity index (χ1n) is 7.71. The van der Waals surface area contributed by atoms with Crippen LogP contribution in [-0.2, 0) is 6.42 Å². The Morgan fingerprint density at radius 1 is 1.06 bits per heavy atom. The SMILES string of the molecule is CCCCC(Cc1ccc(C)cc1)CC(C)CC. The van der Waals surface area contributed by atoms with E-state index in [9.17, 15) is 0 Å². The number of benzene rings is 1. The molecule has 1 rings (SSSR count). The largest absolute Gasteiger partial charge is 0.0654 e.